The minimum Gasteiger partial charge on any atom is -0.395 e. The van der Waals surface area contributed by atoms with Crippen LogP contribution in [0.25, 0.3) is 0 Å². The SMILES string of the molecule is Cc1ccc2c(c1C)C(NCCO)C=CC(N1CCS(=O)(=O)c3ccccc3C1)=N2. The van der Waals surface area contributed by atoms with Crippen molar-refractivity contribution in [1.82, 2.24) is 10.2 Å². The standard InChI is InChI=1S/C23H27N3O3S/c1-16-7-8-20-23(17(16)2)19(24-11-13-27)9-10-22(25-20)26-12-14-30(28,29)21-6-4-3-5-18(21)15-26/h3-10,19,24,27H,11-15H2,1-2H3. The molecule has 2 N–H and O–H groups in total. The van der Waals surface area contributed by atoms with Gasteiger partial charge in [-0.15, -0.1) is 0 Å². The highest BCUT2D eigenvalue weighted by Gasteiger charge is 2.27. The third kappa shape index (κ3) is 3.93. The fraction of sp³-hybridized carbons (Fsp3) is 0.348. The van der Waals surface area contributed by atoms with Gasteiger partial charge in [0.05, 0.1) is 29.0 Å². The van der Waals surface area contributed by atoms with Crippen LogP contribution in [0.15, 0.2) is 58.4 Å². The molecule has 0 aliphatic carbocycles. The molecular weight excluding hydrogens is 398 g/mol. The van der Waals surface area contributed by atoms with E-state index in [0.29, 0.717) is 24.5 Å². The van der Waals surface area contributed by atoms with Crippen LogP contribution in [0.3, 0.4) is 0 Å². The molecule has 0 amide bonds. The van der Waals surface area contributed by atoms with Gasteiger partial charge in [-0.25, -0.2) is 13.4 Å². The van der Waals surface area contributed by atoms with Gasteiger partial charge in [-0.05, 0) is 48.7 Å². The monoisotopic (exact) mass is 425 g/mol. The second-order valence-corrected chi connectivity index (χ2v) is 9.85. The number of benzene rings is 2. The molecule has 2 aromatic rings. The number of rotatable bonds is 3. The fourth-order valence-corrected chi connectivity index (χ4v) is 5.58. The zero-order valence-electron chi connectivity index (χ0n) is 17.3. The Morgan fingerprint density at radius 3 is 2.80 bits per heavy atom. The molecule has 0 aromatic heterocycles. The maximum Gasteiger partial charge on any atom is 0.180 e. The van der Waals surface area contributed by atoms with Gasteiger partial charge >= 0.3 is 0 Å². The first-order chi connectivity index (χ1) is 14.4. The number of nitrogens with zero attached hydrogens (tertiary/aromatic N) is 2. The van der Waals surface area contributed by atoms with Crippen LogP contribution < -0.4 is 5.32 Å². The van der Waals surface area contributed by atoms with E-state index >= 15 is 0 Å². The van der Waals surface area contributed by atoms with Gasteiger partial charge in [0.2, 0.25) is 0 Å². The molecule has 30 heavy (non-hydrogen) atoms. The average Bonchev–Trinajstić information content (AvgIpc) is 3.00. The van der Waals surface area contributed by atoms with Crippen LogP contribution in [0, 0.1) is 13.8 Å². The van der Waals surface area contributed by atoms with Crippen molar-refractivity contribution >= 4 is 21.4 Å². The van der Waals surface area contributed by atoms with Crippen LogP contribution in [0.5, 0.6) is 0 Å². The molecule has 2 aliphatic heterocycles. The second-order valence-electron chi connectivity index (χ2n) is 7.77. The molecular formula is C23H27N3O3S. The summed E-state index contributed by atoms with van der Waals surface area (Å²) in [4.78, 5) is 7.40. The number of sulfone groups is 1. The van der Waals surface area contributed by atoms with Crippen molar-refractivity contribution in [3.63, 3.8) is 0 Å². The Morgan fingerprint density at radius 1 is 1.20 bits per heavy atom. The Kier molecular flexibility index (Phi) is 5.77. The van der Waals surface area contributed by atoms with Crippen molar-refractivity contribution in [3.8, 4) is 0 Å². The van der Waals surface area contributed by atoms with Gasteiger partial charge in [-0.1, -0.05) is 30.3 Å². The van der Waals surface area contributed by atoms with Crippen molar-refractivity contribution in [3.05, 3.63) is 70.8 Å². The number of hydrogen-bond acceptors (Lipinski definition) is 6. The summed E-state index contributed by atoms with van der Waals surface area (Å²) in [6, 6.07) is 11.2. The molecule has 6 nitrogen and oxygen atoms in total. The highest BCUT2D eigenvalue weighted by molar-refractivity contribution is 7.91. The minimum absolute atomic E-state index is 0.0546. The van der Waals surface area contributed by atoms with Crippen molar-refractivity contribution < 1.29 is 13.5 Å². The van der Waals surface area contributed by atoms with Crippen molar-refractivity contribution in [2.75, 3.05) is 25.4 Å². The van der Waals surface area contributed by atoms with E-state index in [2.05, 4.69) is 31.3 Å². The molecule has 2 heterocycles. The van der Waals surface area contributed by atoms with Gasteiger partial charge in [-0.3, -0.25) is 0 Å². The molecule has 0 saturated carbocycles. The Balaban J connectivity index is 1.76. The molecule has 2 aromatic carbocycles. The summed E-state index contributed by atoms with van der Waals surface area (Å²) in [6.45, 7) is 5.58. The summed E-state index contributed by atoms with van der Waals surface area (Å²) in [5.41, 5.74) is 5.12. The van der Waals surface area contributed by atoms with Crippen molar-refractivity contribution in [2.45, 2.75) is 31.3 Å². The molecule has 158 valence electrons. The van der Waals surface area contributed by atoms with E-state index in [1.807, 2.05) is 29.2 Å². The van der Waals surface area contributed by atoms with E-state index in [9.17, 15) is 13.5 Å². The summed E-state index contributed by atoms with van der Waals surface area (Å²) in [5.74, 6) is 0.808. The lowest BCUT2D eigenvalue weighted by molar-refractivity contribution is 0.288. The van der Waals surface area contributed by atoms with E-state index in [0.717, 1.165) is 22.6 Å². The van der Waals surface area contributed by atoms with Crippen molar-refractivity contribution in [2.24, 2.45) is 4.99 Å². The molecule has 0 saturated heterocycles. The predicted octanol–water partition coefficient (Wildman–Crippen LogP) is 2.82. The zero-order valence-corrected chi connectivity index (χ0v) is 18.1. The summed E-state index contributed by atoms with van der Waals surface area (Å²) >= 11 is 0. The van der Waals surface area contributed by atoms with Gasteiger partial charge in [0.1, 0.15) is 5.84 Å². The first kappa shape index (κ1) is 20.8. The molecule has 0 bridgehead atoms. The first-order valence-electron chi connectivity index (χ1n) is 10.2. The molecule has 4 rings (SSSR count). The van der Waals surface area contributed by atoms with Crippen LogP contribution in [-0.2, 0) is 16.4 Å². The number of amidine groups is 1. The fourth-order valence-electron chi connectivity index (χ4n) is 4.08. The normalized spacial score (nSPS) is 20.0. The van der Waals surface area contributed by atoms with Crippen LogP contribution in [0.2, 0.25) is 0 Å². The van der Waals surface area contributed by atoms with E-state index in [4.69, 9.17) is 4.99 Å². The van der Waals surface area contributed by atoms with E-state index in [-0.39, 0.29) is 18.4 Å². The van der Waals surface area contributed by atoms with Gasteiger partial charge in [0.15, 0.2) is 9.84 Å². The maximum absolute atomic E-state index is 12.7. The summed E-state index contributed by atoms with van der Waals surface area (Å²) in [5, 5.41) is 12.7. The Hall–Kier alpha value is -2.48. The molecule has 0 radical (unpaired) electrons. The topological polar surface area (TPSA) is 82.0 Å². The third-order valence-corrected chi connectivity index (χ3v) is 7.63. The molecule has 7 heteroatoms. The quantitative estimate of drug-likeness (QED) is 0.790. The maximum atomic E-state index is 12.7. The lowest BCUT2D eigenvalue weighted by Crippen LogP contribution is -2.31. The predicted molar refractivity (Wildman–Crippen MR) is 119 cm³/mol. The van der Waals surface area contributed by atoms with Gasteiger partial charge in [0.25, 0.3) is 0 Å². The molecule has 0 spiro atoms. The Bertz CT molecular complexity index is 1120. The van der Waals surface area contributed by atoms with Crippen LogP contribution in [0.1, 0.15) is 28.3 Å². The molecule has 1 atom stereocenters. The number of aliphatic hydroxyl groups is 1. The number of fused-ring (bicyclic) bond motifs is 2. The van der Waals surface area contributed by atoms with Gasteiger partial charge in [-0.2, -0.15) is 0 Å². The number of aliphatic hydroxyl groups excluding tert-OH is 1. The second kappa shape index (κ2) is 8.34. The number of nitrogens with one attached hydrogen (secondary N) is 1. The summed E-state index contributed by atoms with van der Waals surface area (Å²) in [6.07, 6.45) is 4.02. The zero-order chi connectivity index (χ0) is 21.3. The lowest BCUT2D eigenvalue weighted by Gasteiger charge is -2.22. The lowest BCUT2D eigenvalue weighted by atomic mass is 9.95. The molecule has 1 unspecified atom stereocenters. The number of aryl methyl sites for hydroxylation is 1. The first-order valence-corrected chi connectivity index (χ1v) is 11.8. The number of aliphatic imine (C=N–C) groups is 1. The smallest absolute Gasteiger partial charge is 0.180 e. The largest absolute Gasteiger partial charge is 0.395 e. The molecule has 2 aliphatic rings. The van der Waals surface area contributed by atoms with E-state index in [1.165, 1.54) is 11.1 Å². The Morgan fingerprint density at radius 2 is 2.00 bits per heavy atom. The van der Waals surface area contributed by atoms with Gasteiger partial charge < -0.3 is 15.3 Å². The van der Waals surface area contributed by atoms with Crippen LogP contribution in [0.4, 0.5) is 5.69 Å². The summed E-state index contributed by atoms with van der Waals surface area (Å²) < 4.78 is 25.4. The highest BCUT2D eigenvalue weighted by Crippen LogP contribution is 2.34. The van der Waals surface area contributed by atoms with Crippen LogP contribution >= 0.6 is 0 Å². The Labute approximate surface area is 177 Å². The summed E-state index contributed by atoms with van der Waals surface area (Å²) in [7, 11) is -3.32. The molecule has 0 fully saturated rings. The van der Waals surface area contributed by atoms with Crippen molar-refractivity contribution in [1.29, 1.82) is 0 Å². The number of hydrogen-bond donors (Lipinski definition) is 2. The van der Waals surface area contributed by atoms with E-state index in [1.54, 1.807) is 12.1 Å². The highest BCUT2D eigenvalue weighted by atomic mass is 32.2. The average molecular weight is 426 g/mol. The van der Waals surface area contributed by atoms with Gasteiger partial charge in [0, 0.05) is 25.2 Å². The minimum atomic E-state index is -3.32. The van der Waals surface area contributed by atoms with E-state index < -0.39 is 9.84 Å². The third-order valence-electron chi connectivity index (χ3n) is 5.85. The van der Waals surface area contributed by atoms with Crippen LogP contribution in [-0.4, -0.2) is 49.7 Å².